The summed E-state index contributed by atoms with van der Waals surface area (Å²) >= 11 is 0. The maximum absolute atomic E-state index is 5.33. The van der Waals surface area contributed by atoms with E-state index in [1.807, 2.05) is 19.3 Å². The summed E-state index contributed by atoms with van der Waals surface area (Å²) < 4.78 is 5.33. The standard InChI is InChI=1S/C17H24N2O/c1-13(20-3)8-9-15(18-2)12-14-10-11-19-17-7-5-4-6-16(14)17/h4-7,10-11,13,15,18H,8-9,12H2,1-3H3. The molecule has 2 aromatic rings. The van der Waals surface area contributed by atoms with Crippen LogP contribution in [0.15, 0.2) is 36.5 Å². The fourth-order valence-electron chi connectivity index (χ4n) is 2.50. The molecule has 1 N–H and O–H groups in total. The molecular formula is C17H24N2O. The van der Waals surface area contributed by atoms with E-state index in [-0.39, 0.29) is 0 Å². The third-order valence-corrected chi connectivity index (χ3v) is 3.94. The summed E-state index contributed by atoms with van der Waals surface area (Å²) in [7, 11) is 3.81. The van der Waals surface area contributed by atoms with Gasteiger partial charge >= 0.3 is 0 Å². The summed E-state index contributed by atoms with van der Waals surface area (Å²) in [6, 6.07) is 10.9. The highest BCUT2D eigenvalue weighted by atomic mass is 16.5. The number of fused-ring (bicyclic) bond motifs is 1. The Hall–Kier alpha value is -1.45. The highest BCUT2D eigenvalue weighted by molar-refractivity contribution is 5.81. The van der Waals surface area contributed by atoms with Crippen molar-refractivity contribution in [3.63, 3.8) is 0 Å². The van der Waals surface area contributed by atoms with Gasteiger partial charge < -0.3 is 10.1 Å². The number of benzene rings is 1. The van der Waals surface area contributed by atoms with Gasteiger partial charge in [-0.1, -0.05) is 18.2 Å². The first-order chi connectivity index (χ1) is 9.74. The maximum atomic E-state index is 5.33. The van der Waals surface area contributed by atoms with Crippen molar-refractivity contribution < 1.29 is 4.74 Å². The van der Waals surface area contributed by atoms with Crippen LogP contribution in [0.1, 0.15) is 25.3 Å². The van der Waals surface area contributed by atoms with Gasteiger partial charge in [-0.2, -0.15) is 0 Å². The first kappa shape index (κ1) is 14.9. The van der Waals surface area contributed by atoms with Gasteiger partial charge in [-0.05, 0) is 50.9 Å². The van der Waals surface area contributed by atoms with Gasteiger partial charge in [0, 0.05) is 24.7 Å². The van der Waals surface area contributed by atoms with Gasteiger partial charge in [-0.25, -0.2) is 0 Å². The minimum absolute atomic E-state index is 0.319. The van der Waals surface area contributed by atoms with Gasteiger partial charge in [0.1, 0.15) is 0 Å². The summed E-state index contributed by atoms with van der Waals surface area (Å²) in [5.74, 6) is 0. The average molecular weight is 272 g/mol. The minimum atomic E-state index is 0.319. The number of likely N-dealkylation sites (N-methyl/N-ethyl adjacent to an activating group) is 1. The molecule has 1 aromatic heterocycles. The van der Waals surface area contributed by atoms with E-state index in [0.717, 1.165) is 24.8 Å². The van der Waals surface area contributed by atoms with Gasteiger partial charge in [0.15, 0.2) is 0 Å². The molecule has 0 aliphatic rings. The predicted molar refractivity (Wildman–Crippen MR) is 84.0 cm³/mol. The topological polar surface area (TPSA) is 34.1 Å². The molecule has 3 nitrogen and oxygen atoms in total. The van der Waals surface area contributed by atoms with E-state index >= 15 is 0 Å². The Balaban J connectivity index is 2.09. The molecule has 0 spiro atoms. The lowest BCUT2D eigenvalue weighted by atomic mass is 9.98. The fraction of sp³-hybridized carbons (Fsp3) is 0.471. The summed E-state index contributed by atoms with van der Waals surface area (Å²) in [4.78, 5) is 4.42. The Kier molecular flexibility index (Phi) is 5.50. The number of pyridine rings is 1. The van der Waals surface area contributed by atoms with Crippen molar-refractivity contribution in [1.82, 2.24) is 10.3 Å². The number of aromatic nitrogens is 1. The van der Waals surface area contributed by atoms with Crippen molar-refractivity contribution in [3.05, 3.63) is 42.1 Å². The van der Waals surface area contributed by atoms with E-state index in [1.54, 1.807) is 7.11 Å². The number of hydrogen-bond acceptors (Lipinski definition) is 3. The van der Waals surface area contributed by atoms with Crippen LogP contribution in [0.25, 0.3) is 10.9 Å². The molecule has 0 fully saturated rings. The second-order valence-corrected chi connectivity index (χ2v) is 5.30. The molecule has 0 bridgehead atoms. The molecule has 0 saturated carbocycles. The van der Waals surface area contributed by atoms with E-state index in [2.05, 4.69) is 41.5 Å². The first-order valence-electron chi connectivity index (χ1n) is 7.27. The molecule has 0 amide bonds. The largest absolute Gasteiger partial charge is 0.382 e. The Labute approximate surface area is 121 Å². The number of ether oxygens (including phenoxy) is 1. The lowest BCUT2D eigenvalue weighted by Gasteiger charge is -2.19. The van der Waals surface area contributed by atoms with Crippen molar-refractivity contribution in [2.24, 2.45) is 0 Å². The predicted octanol–water partition coefficient (Wildman–Crippen LogP) is 3.18. The molecule has 2 unspecified atom stereocenters. The zero-order chi connectivity index (χ0) is 14.4. The Morgan fingerprint density at radius 2 is 2.00 bits per heavy atom. The second-order valence-electron chi connectivity index (χ2n) is 5.30. The normalized spacial score (nSPS) is 14.3. The van der Waals surface area contributed by atoms with E-state index < -0.39 is 0 Å². The summed E-state index contributed by atoms with van der Waals surface area (Å²) in [6.07, 6.45) is 5.44. The van der Waals surface area contributed by atoms with Crippen molar-refractivity contribution in [2.45, 2.75) is 38.3 Å². The lowest BCUT2D eigenvalue weighted by molar-refractivity contribution is 0.106. The number of para-hydroxylation sites is 1. The van der Waals surface area contributed by atoms with Gasteiger partial charge in [-0.15, -0.1) is 0 Å². The smallest absolute Gasteiger partial charge is 0.0704 e. The van der Waals surface area contributed by atoms with Gasteiger partial charge in [0.25, 0.3) is 0 Å². The van der Waals surface area contributed by atoms with Crippen LogP contribution in [0.2, 0.25) is 0 Å². The number of rotatable bonds is 7. The van der Waals surface area contributed by atoms with Crippen LogP contribution >= 0.6 is 0 Å². The first-order valence-corrected chi connectivity index (χ1v) is 7.27. The van der Waals surface area contributed by atoms with Crippen molar-refractivity contribution in [2.75, 3.05) is 14.2 Å². The van der Waals surface area contributed by atoms with Crippen molar-refractivity contribution >= 4 is 10.9 Å². The molecule has 108 valence electrons. The van der Waals surface area contributed by atoms with Gasteiger partial charge in [0.05, 0.1) is 11.6 Å². The third-order valence-electron chi connectivity index (χ3n) is 3.94. The van der Waals surface area contributed by atoms with Gasteiger partial charge in [0.2, 0.25) is 0 Å². The molecule has 0 aliphatic heterocycles. The Morgan fingerprint density at radius 1 is 1.20 bits per heavy atom. The van der Waals surface area contributed by atoms with Crippen LogP contribution in [-0.2, 0) is 11.2 Å². The molecule has 0 saturated heterocycles. The number of nitrogens with one attached hydrogen (secondary N) is 1. The summed E-state index contributed by atoms with van der Waals surface area (Å²) in [6.45, 7) is 2.12. The SMILES string of the molecule is CNC(CCC(C)OC)Cc1ccnc2ccccc12. The zero-order valence-corrected chi connectivity index (χ0v) is 12.6. The van der Waals surface area contributed by atoms with E-state index in [1.165, 1.54) is 10.9 Å². The van der Waals surface area contributed by atoms with E-state index in [4.69, 9.17) is 4.74 Å². The molecule has 3 heteroatoms. The van der Waals surface area contributed by atoms with Crippen LogP contribution in [0.5, 0.6) is 0 Å². The zero-order valence-electron chi connectivity index (χ0n) is 12.6. The quantitative estimate of drug-likeness (QED) is 0.840. The van der Waals surface area contributed by atoms with Gasteiger partial charge in [-0.3, -0.25) is 4.98 Å². The second kappa shape index (κ2) is 7.36. The van der Waals surface area contributed by atoms with Crippen molar-refractivity contribution in [3.8, 4) is 0 Å². The minimum Gasteiger partial charge on any atom is -0.382 e. The van der Waals surface area contributed by atoms with Crippen LogP contribution in [0.3, 0.4) is 0 Å². The Bertz CT molecular complexity index is 536. The number of methoxy groups -OCH3 is 1. The molecule has 0 radical (unpaired) electrons. The highest BCUT2D eigenvalue weighted by Crippen LogP contribution is 2.19. The molecule has 2 rings (SSSR count). The van der Waals surface area contributed by atoms with Crippen molar-refractivity contribution in [1.29, 1.82) is 0 Å². The molecule has 0 aliphatic carbocycles. The monoisotopic (exact) mass is 272 g/mol. The maximum Gasteiger partial charge on any atom is 0.0704 e. The lowest BCUT2D eigenvalue weighted by Crippen LogP contribution is -2.28. The molecule has 20 heavy (non-hydrogen) atoms. The Morgan fingerprint density at radius 3 is 2.75 bits per heavy atom. The summed E-state index contributed by atoms with van der Waals surface area (Å²) in [5.41, 5.74) is 2.44. The van der Waals surface area contributed by atoms with Crippen LogP contribution < -0.4 is 5.32 Å². The highest BCUT2D eigenvalue weighted by Gasteiger charge is 2.11. The number of hydrogen-bond donors (Lipinski definition) is 1. The van der Waals surface area contributed by atoms with Crippen LogP contribution in [0.4, 0.5) is 0 Å². The number of nitrogens with zero attached hydrogens (tertiary/aromatic N) is 1. The van der Waals surface area contributed by atoms with Crippen LogP contribution in [-0.4, -0.2) is 31.3 Å². The third kappa shape index (κ3) is 3.78. The van der Waals surface area contributed by atoms with E-state index in [0.29, 0.717) is 12.1 Å². The fourth-order valence-corrected chi connectivity index (χ4v) is 2.50. The average Bonchev–Trinajstić information content (AvgIpc) is 2.51. The summed E-state index contributed by atoms with van der Waals surface area (Å²) in [5, 5.41) is 4.68. The molecule has 1 aromatic carbocycles. The molecular weight excluding hydrogens is 248 g/mol. The molecule has 1 heterocycles. The molecule has 2 atom stereocenters. The van der Waals surface area contributed by atoms with Crippen LogP contribution in [0, 0.1) is 0 Å². The van der Waals surface area contributed by atoms with E-state index in [9.17, 15) is 0 Å².